The Morgan fingerprint density at radius 2 is 1.95 bits per heavy atom. The quantitative estimate of drug-likeness (QED) is 0.770. The monoisotopic (exact) mass is 269 g/mol. The second-order valence-electron chi connectivity index (χ2n) is 6.33. The standard InChI is InChI=1S/C15H31N3O/c1-11(2)10-17-15(19)12(3)18(4)14-8-6-5-7-13(14)9-16/h11-14H,5-10,16H2,1-4H3,(H,17,19). The van der Waals surface area contributed by atoms with Crippen molar-refractivity contribution in [3.8, 4) is 0 Å². The first-order valence-electron chi connectivity index (χ1n) is 7.67. The summed E-state index contributed by atoms with van der Waals surface area (Å²) in [4.78, 5) is 14.4. The lowest BCUT2D eigenvalue weighted by Crippen LogP contribution is -2.52. The van der Waals surface area contributed by atoms with E-state index in [9.17, 15) is 4.79 Å². The molecule has 4 heteroatoms. The molecule has 1 amide bonds. The minimum atomic E-state index is -0.0732. The number of rotatable bonds is 6. The van der Waals surface area contributed by atoms with Crippen LogP contribution in [0, 0.1) is 11.8 Å². The molecular formula is C15H31N3O. The maximum Gasteiger partial charge on any atom is 0.237 e. The van der Waals surface area contributed by atoms with Gasteiger partial charge in [0.2, 0.25) is 5.91 Å². The Balaban J connectivity index is 2.54. The van der Waals surface area contributed by atoms with Gasteiger partial charge in [0.25, 0.3) is 0 Å². The summed E-state index contributed by atoms with van der Waals surface area (Å²) in [6.07, 6.45) is 4.90. The van der Waals surface area contributed by atoms with Crippen LogP contribution in [-0.2, 0) is 4.79 Å². The average molecular weight is 269 g/mol. The van der Waals surface area contributed by atoms with Crippen molar-refractivity contribution in [1.29, 1.82) is 0 Å². The number of nitrogens with zero attached hydrogens (tertiary/aromatic N) is 1. The summed E-state index contributed by atoms with van der Waals surface area (Å²) in [5.41, 5.74) is 5.88. The molecule has 0 aromatic rings. The van der Waals surface area contributed by atoms with Crippen molar-refractivity contribution >= 4 is 5.91 Å². The van der Waals surface area contributed by atoms with Crippen LogP contribution in [0.15, 0.2) is 0 Å². The van der Waals surface area contributed by atoms with E-state index < -0.39 is 0 Å². The van der Waals surface area contributed by atoms with Crippen LogP contribution in [0.3, 0.4) is 0 Å². The van der Waals surface area contributed by atoms with Gasteiger partial charge in [-0.3, -0.25) is 9.69 Å². The molecule has 3 N–H and O–H groups in total. The van der Waals surface area contributed by atoms with Crippen molar-refractivity contribution in [3.63, 3.8) is 0 Å². The van der Waals surface area contributed by atoms with Gasteiger partial charge in [-0.1, -0.05) is 26.7 Å². The van der Waals surface area contributed by atoms with E-state index in [0.29, 0.717) is 17.9 Å². The van der Waals surface area contributed by atoms with E-state index in [-0.39, 0.29) is 11.9 Å². The molecule has 1 aliphatic rings. The summed E-state index contributed by atoms with van der Waals surface area (Å²) in [6, 6.07) is 0.384. The van der Waals surface area contributed by atoms with E-state index in [2.05, 4.69) is 31.1 Å². The van der Waals surface area contributed by atoms with Gasteiger partial charge in [0.1, 0.15) is 0 Å². The Hall–Kier alpha value is -0.610. The second-order valence-corrected chi connectivity index (χ2v) is 6.33. The van der Waals surface area contributed by atoms with E-state index in [0.717, 1.165) is 13.1 Å². The molecule has 0 saturated heterocycles. The van der Waals surface area contributed by atoms with Gasteiger partial charge in [0.05, 0.1) is 6.04 Å². The van der Waals surface area contributed by atoms with Crippen LogP contribution >= 0.6 is 0 Å². The highest BCUT2D eigenvalue weighted by molar-refractivity contribution is 5.81. The minimum absolute atomic E-state index is 0.0732. The lowest BCUT2D eigenvalue weighted by molar-refractivity contribution is -0.127. The largest absolute Gasteiger partial charge is 0.354 e. The molecule has 4 nitrogen and oxygen atoms in total. The highest BCUT2D eigenvalue weighted by atomic mass is 16.2. The number of carbonyl (C=O) groups is 1. The number of nitrogens with one attached hydrogen (secondary N) is 1. The fraction of sp³-hybridized carbons (Fsp3) is 0.933. The number of likely N-dealkylation sites (N-methyl/N-ethyl adjacent to an activating group) is 1. The number of amides is 1. The van der Waals surface area contributed by atoms with E-state index >= 15 is 0 Å². The van der Waals surface area contributed by atoms with Gasteiger partial charge in [-0.25, -0.2) is 0 Å². The van der Waals surface area contributed by atoms with Crippen molar-refractivity contribution in [2.75, 3.05) is 20.1 Å². The van der Waals surface area contributed by atoms with Crippen LogP contribution in [-0.4, -0.2) is 43.0 Å². The Bertz CT molecular complexity index is 281. The summed E-state index contributed by atoms with van der Waals surface area (Å²) in [5.74, 6) is 1.17. The van der Waals surface area contributed by atoms with Crippen LogP contribution in [0.5, 0.6) is 0 Å². The number of hydrogen-bond donors (Lipinski definition) is 2. The Morgan fingerprint density at radius 3 is 2.53 bits per heavy atom. The zero-order chi connectivity index (χ0) is 14.4. The first-order chi connectivity index (χ1) is 8.97. The van der Waals surface area contributed by atoms with E-state index in [1.54, 1.807) is 0 Å². The van der Waals surface area contributed by atoms with Gasteiger partial charge >= 0.3 is 0 Å². The Labute approximate surface area is 118 Å². The van der Waals surface area contributed by atoms with Crippen LogP contribution in [0.1, 0.15) is 46.5 Å². The van der Waals surface area contributed by atoms with Crippen molar-refractivity contribution in [2.45, 2.75) is 58.5 Å². The van der Waals surface area contributed by atoms with Crippen molar-refractivity contribution in [2.24, 2.45) is 17.6 Å². The first kappa shape index (κ1) is 16.4. The predicted octanol–water partition coefficient (Wildman–Crippen LogP) is 1.60. The maximum atomic E-state index is 12.1. The van der Waals surface area contributed by atoms with Crippen molar-refractivity contribution in [1.82, 2.24) is 10.2 Å². The molecule has 19 heavy (non-hydrogen) atoms. The fourth-order valence-corrected chi connectivity index (χ4v) is 2.92. The van der Waals surface area contributed by atoms with Gasteiger partial charge in [0.15, 0.2) is 0 Å². The molecule has 0 spiro atoms. The van der Waals surface area contributed by atoms with Crippen LogP contribution < -0.4 is 11.1 Å². The lowest BCUT2D eigenvalue weighted by atomic mass is 9.83. The van der Waals surface area contributed by atoms with Crippen LogP contribution in [0.2, 0.25) is 0 Å². The zero-order valence-electron chi connectivity index (χ0n) is 13.0. The SMILES string of the molecule is CC(C)CNC(=O)C(C)N(C)C1CCCCC1CN. The number of nitrogens with two attached hydrogens (primary N) is 1. The third-order valence-corrected chi connectivity index (χ3v) is 4.37. The van der Waals surface area contributed by atoms with Crippen LogP contribution in [0.4, 0.5) is 0 Å². The topological polar surface area (TPSA) is 58.4 Å². The lowest BCUT2D eigenvalue weighted by Gasteiger charge is -2.40. The maximum absolute atomic E-state index is 12.1. The summed E-state index contributed by atoms with van der Waals surface area (Å²) in [7, 11) is 2.07. The molecule has 1 rings (SSSR count). The number of hydrogen-bond acceptors (Lipinski definition) is 3. The second kappa shape index (κ2) is 7.85. The van der Waals surface area contributed by atoms with Gasteiger partial charge in [-0.15, -0.1) is 0 Å². The summed E-state index contributed by atoms with van der Waals surface area (Å²) >= 11 is 0. The zero-order valence-corrected chi connectivity index (χ0v) is 13.0. The predicted molar refractivity (Wildman–Crippen MR) is 79.9 cm³/mol. The molecule has 0 aromatic carbocycles. The smallest absolute Gasteiger partial charge is 0.237 e. The summed E-state index contributed by atoms with van der Waals surface area (Å²) < 4.78 is 0. The molecule has 3 atom stereocenters. The normalized spacial score (nSPS) is 25.6. The van der Waals surface area contributed by atoms with Gasteiger partial charge in [0, 0.05) is 12.6 Å². The molecule has 1 saturated carbocycles. The molecule has 1 fully saturated rings. The molecule has 112 valence electrons. The molecule has 0 radical (unpaired) electrons. The first-order valence-corrected chi connectivity index (χ1v) is 7.67. The molecule has 0 bridgehead atoms. The van der Waals surface area contributed by atoms with Gasteiger partial charge in [-0.05, 0) is 45.2 Å². The summed E-state index contributed by atoms with van der Waals surface area (Å²) in [5, 5.41) is 3.02. The third kappa shape index (κ3) is 4.77. The molecule has 0 aliphatic heterocycles. The molecule has 0 heterocycles. The molecule has 1 aliphatic carbocycles. The molecular weight excluding hydrogens is 238 g/mol. The Kier molecular flexibility index (Phi) is 6.80. The third-order valence-electron chi connectivity index (χ3n) is 4.37. The van der Waals surface area contributed by atoms with Crippen LogP contribution in [0.25, 0.3) is 0 Å². The van der Waals surface area contributed by atoms with Gasteiger partial charge in [-0.2, -0.15) is 0 Å². The molecule has 3 unspecified atom stereocenters. The highest BCUT2D eigenvalue weighted by Crippen LogP contribution is 2.28. The Morgan fingerprint density at radius 1 is 1.32 bits per heavy atom. The van der Waals surface area contributed by atoms with Crippen molar-refractivity contribution < 1.29 is 4.79 Å². The summed E-state index contributed by atoms with van der Waals surface area (Å²) in [6.45, 7) is 7.70. The fourth-order valence-electron chi connectivity index (χ4n) is 2.92. The average Bonchev–Trinajstić information content (AvgIpc) is 2.42. The number of carbonyl (C=O) groups excluding carboxylic acids is 1. The van der Waals surface area contributed by atoms with E-state index in [1.165, 1.54) is 25.7 Å². The van der Waals surface area contributed by atoms with Crippen molar-refractivity contribution in [3.05, 3.63) is 0 Å². The minimum Gasteiger partial charge on any atom is -0.354 e. The highest BCUT2D eigenvalue weighted by Gasteiger charge is 2.31. The molecule has 0 aromatic heterocycles. The van der Waals surface area contributed by atoms with E-state index in [1.807, 2.05) is 6.92 Å². The van der Waals surface area contributed by atoms with E-state index in [4.69, 9.17) is 5.73 Å². The van der Waals surface area contributed by atoms with Gasteiger partial charge < -0.3 is 11.1 Å².